The van der Waals surface area contributed by atoms with E-state index in [0.717, 1.165) is 72.8 Å². The number of para-hydroxylation sites is 1. The number of benzene rings is 6. The van der Waals surface area contributed by atoms with Crippen LogP contribution in [0, 0.1) is 0 Å². The van der Waals surface area contributed by atoms with E-state index in [1.54, 1.807) is 0 Å². The SMILES string of the molecule is CC(C)c1ccnc(-n2c3ccccc3c3ccc(Oc4cccc(-n5cc(-c6c(-c7ccccc7)cccc6-c6ccccc6)cn5)c4)cc32)c1. The van der Waals surface area contributed by atoms with Crippen molar-refractivity contribution >= 4 is 21.8 Å². The molecule has 3 aromatic heterocycles. The molecular weight excluding hydrogens is 637 g/mol. The van der Waals surface area contributed by atoms with E-state index < -0.39 is 0 Å². The third-order valence-corrected chi connectivity index (χ3v) is 9.73. The Morgan fingerprint density at radius 2 is 1.23 bits per heavy atom. The summed E-state index contributed by atoms with van der Waals surface area (Å²) >= 11 is 0. The minimum absolute atomic E-state index is 0.399. The van der Waals surface area contributed by atoms with Crippen LogP contribution < -0.4 is 4.74 Å². The molecule has 9 rings (SSSR count). The van der Waals surface area contributed by atoms with E-state index in [9.17, 15) is 0 Å². The summed E-state index contributed by atoms with van der Waals surface area (Å²) in [7, 11) is 0. The lowest BCUT2D eigenvalue weighted by atomic mass is 9.89. The second-order valence-corrected chi connectivity index (χ2v) is 13.4. The summed E-state index contributed by atoms with van der Waals surface area (Å²) in [5.74, 6) is 2.78. The molecule has 0 N–H and O–H groups in total. The molecule has 0 amide bonds. The molecular formula is C47H36N4O. The minimum atomic E-state index is 0.399. The predicted molar refractivity (Wildman–Crippen MR) is 213 cm³/mol. The van der Waals surface area contributed by atoms with E-state index in [1.165, 1.54) is 10.9 Å². The number of aromatic nitrogens is 4. The van der Waals surface area contributed by atoms with Gasteiger partial charge in [0.15, 0.2) is 0 Å². The molecule has 9 aromatic rings. The number of hydrogen-bond donors (Lipinski definition) is 0. The van der Waals surface area contributed by atoms with Crippen LogP contribution in [0.2, 0.25) is 0 Å². The highest BCUT2D eigenvalue weighted by Gasteiger charge is 2.17. The predicted octanol–water partition coefficient (Wildman–Crippen LogP) is 12.3. The highest BCUT2D eigenvalue weighted by Crippen LogP contribution is 2.40. The molecule has 0 spiro atoms. The van der Waals surface area contributed by atoms with Gasteiger partial charge in [0, 0.05) is 46.4 Å². The van der Waals surface area contributed by atoms with Crippen LogP contribution in [0.3, 0.4) is 0 Å². The van der Waals surface area contributed by atoms with Crippen molar-refractivity contribution < 1.29 is 4.74 Å². The van der Waals surface area contributed by atoms with Crippen LogP contribution in [0.25, 0.3) is 66.7 Å². The lowest BCUT2D eigenvalue weighted by Gasteiger charge is -2.15. The van der Waals surface area contributed by atoms with Gasteiger partial charge in [-0.15, -0.1) is 0 Å². The molecule has 6 aromatic carbocycles. The smallest absolute Gasteiger partial charge is 0.137 e. The summed E-state index contributed by atoms with van der Waals surface area (Å²) in [5.41, 5.74) is 11.2. The second-order valence-electron chi connectivity index (χ2n) is 13.4. The molecule has 0 saturated carbocycles. The van der Waals surface area contributed by atoms with Gasteiger partial charge in [-0.25, -0.2) is 9.67 Å². The summed E-state index contributed by atoms with van der Waals surface area (Å²) < 4.78 is 10.7. The summed E-state index contributed by atoms with van der Waals surface area (Å²) in [4.78, 5) is 4.80. The molecule has 250 valence electrons. The van der Waals surface area contributed by atoms with E-state index in [1.807, 2.05) is 41.3 Å². The van der Waals surface area contributed by atoms with E-state index >= 15 is 0 Å². The van der Waals surface area contributed by atoms with E-state index in [4.69, 9.17) is 14.8 Å². The van der Waals surface area contributed by atoms with Crippen LogP contribution in [0.1, 0.15) is 25.3 Å². The van der Waals surface area contributed by atoms with Gasteiger partial charge in [-0.2, -0.15) is 5.10 Å². The molecule has 0 aliphatic carbocycles. The zero-order valence-electron chi connectivity index (χ0n) is 29.0. The first kappa shape index (κ1) is 31.3. The zero-order valence-corrected chi connectivity index (χ0v) is 29.0. The molecule has 0 unspecified atom stereocenters. The number of rotatable bonds is 8. The van der Waals surface area contributed by atoms with Crippen LogP contribution in [0.4, 0.5) is 0 Å². The molecule has 0 saturated heterocycles. The lowest BCUT2D eigenvalue weighted by molar-refractivity contribution is 0.483. The van der Waals surface area contributed by atoms with Gasteiger partial charge in [0.25, 0.3) is 0 Å². The Labute approximate surface area is 303 Å². The Balaban J connectivity index is 1.08. The van der Waals surface area contributed by atoms with Gasteiger partial charge in [-0.3, -0.25) is 4.57 Å². The monoisotopic (exact) mass is 672 g/mol. The Hall–Kier alpha value is -6.72. The molecule has 52 heavy (non-hydrogen) atoms. The van der Waals surface area contributed by atoms with Crippen LogP contribution in [-0.4, -0.2) is 19.3 Å². The number of fused-ring (bicyclic) bond motifs is 3. The van der Waals surface area contributed by atoms with Gasteiger partial charge in [0.1, 0.15) is 17.3 Å². The van der Waals surface area contributed by atoms with Crippen molar-refractivity contribution in [2.75, 3.05) is 0 Å². The minimum Gasteiger partial charge on any atom is -0.457 e. The van der Waals surface area contributed by atoms with Gasteiger partial charge in [0.2, 0.25) is 0 Å². The summed E-state index contributed by atoms with van der Waals surface area (Å²) in [5, 5.41) is 7.20. The van der Waals surface area contributed by atoms with Crippen molar-refractivity contribution in [1.29, 1.82) is 0 Å². The fraction of sp³-hybridized carbons (Fsp3) is 0.0638. The molecule has 5 nitrogen and oxygen atoms in total. The lowest BCUT2D eigenvalue weighted by Crippen LogP contribution is -1.99. The van der Waals surface area contributed by atoms with Crippen molar-refractivity contribution in [3.8, 4) is 56.4 Å². The van der Waals surface area contributed by atoms with Gasteiger partial charge in [-0.05, 0) is 76.2 Å². The van der Waals surface area contributed by atoms with Gasteiger partial charge >= 0.3 is 0 Å². The Morgan fingerprint density at radius 1 is 0.558 bits per heavy atom. The van der Waals surface area contributed by atoms with E-state index in [0.29, 0.717) is 5.92 Å². The Bertz CT molecular complexity index is 2630. The number of nitrogens with zero attached hydrogens (tertiary/aromatic N) is 4. The van der Waals surface area contributed by atoms with Crippen LogP contribution >= 0.6 is 0 Å². The third kappa shape index (κ3) is 5.72. The van der Waals surface area contributed by atoms with Crippen molar-refractivity contribution in [1.82, 2.24) is 19.3 Å². The first-order valence-electron chi connectivity index (χ1n) is 17.7. The van der Waals surface area contributed by atoms with Gasteiger partial charge in [0.05, 0.1) is 22.9 Å². The molecule has 3 heterocycles. The fourth-order valence-electron chi connectivity index (χ4n) is 7.17. The average Bonchev–Trinajstić information content (AvgIpc) is 3.82. The van der Waals surface area contributed by atoms with E-state index in [-0.39, 0.29) is 0 Å². The maximum Gasteiger partial charge on any atom is 0.137 e. The first-order valence-corrected chi connectivity index (χ1v) is 17.7. The molecule has 0 bridgehead atoms. The van der Waals surface area contributed by atoms with Crippen LogP contribution in [-0.2, 0) is 0 Å². The molecule has 0 aliphatic heterocycles. The Kier molecular flexibility index (Phi) is 7.94. The maximum absolute atomic E-state index is 6.57. The second kappa shape index (κ2) is 13.2. The third-order valence-electron chi connectivity index (χ3n) is 9.73. The number of ether oxygens (including phenoxy) is 1. The summed E-state index contributed by atoms with van der Waals surface area (Å²) in [6.45, 7) is 4.42. The van der Waals surface area contributed by atoms with Crippen LogP contribution in [0.15, 0.2) is 176 Å². The zero-order chi connectivity index (χ0) is 35.0. The fourth-order valence-corrected chi connectivity index (χ4v) is 7.17. The standard InChI is InChI=1S/C47H36N4O/c1-32(2)35-25-26-48-46(27-35)51-44-22-10-9-19-42(44)43-24-23-39(29-45(43)51)52-38-18-11-17-37(28-38)50-31-36(30-49-50)47-40(33-13-5-3-6-14-33)20-12-21-41(47)34-15-7-4-8-16-34/h3-32H,1-2H3. The average molecular weight is 673 g/mol. The number of hydrogen-bond acceptors (Lipinski definition) is 3. The summed E-state index contributed by atoms with van der Waals surface area (Å²) in [6, 6.07) is 54.8. The topological polar surface area (TPSA) is 44.9 Å². The van der Waals surface area contributed by atoms with Crippen molar-refractivity contribution in [3.63, 3.8) is 0 Å². The molecule has 0 aliphatic rings. The first-order chi connectivity index (χ1) is 25.6. The summed E-state index contributed by atoms with van der Waals surface area (Å²) in [6.07, 6.45) is 5.97. The molecule has 0 atom stereocenters. The van der Waals surface area contributed by atoms with Crippen molar-refractivity contribution in [2.24, 2.45) is 0 Å². The molecule has 0 fully saturated rings. The van der Waals surface area contributed by atoms with E-state index in [2.05, 4.69) is 158 Å². The quantitative estimate of drug-likeness (QED) is 0.161. The maximum atomic E-state index is 6.57. The largest absolute Gasteiger partial charge is 0.457 e. The van der Waals surface area contributed by atoms with Gasteiger partial charge < -0.3 is 4.74 Å². The normalized spacial score (nSPS) is 11.4. The Morgan fingerprint density at radius 3 is 1.98 bits per heavy atom. The number of pyridine rings is 1. The molecule has 0 radical (unpaired) electrons. The van der Waals surface area contributed by atoms with Crippen LogP contribution in [0.5, 0.6) is 11.5 Å². The molecule has 5 heteroatoms. The highest BCUT2D eigenvalue weighted by atomic mass is 16.5. The highest BCUT2D eigenvalue weighted by molar-refractivity contribution is 6.09. The van der Waals surface area contributed by atoms with Crippen molar-refractivity contribution in [3.05, 3.63) is 182 Å². The van der Waals surface area contributed by atoms with Gasteiger partial charge in [-0.1, -0.05) is 117 Å². The van der Waals surface area contributed by atoms with Crippen molar-refractivity contribution in [2.45, 2.75) is 19.8 Å².